The first-order valence-electron chi connectivity index (χ1n) is 5.73. The summed E-state index contributed by atoms with van der Waals surface area (Å²) in [5.74, 6) is 1.21. The average Bonchev–Trinajstić information content (AvgIpc) is 2.10. The minimum absolute atomic E-state index is 1.10. The largest absolute Gasteiger partial charge is 0.547 e. The van der Waals surface area contributed by atoms with Gasteiger partial charge >= 0.3 is 0 Å². The van der Waals surface area contributed by atoms with Crippen molar-refractivity contribution in [2.24, 2.45) is 0 Å². The normalized spacial score (nSPS) is 17.5. The molecule has 0 bridgehead atoms. The zero-order chi connectivity index (χ0) is 11.5. The average molecular weight is 222 g/mol. The third kappa shape index (κ3) is 3.73. The molecule has 0 unspecified atom stereocenters. The van der Waals surface area contributed by atoms with Crippen LogP contribution in [0, 0.1) is 0 Å². The summed E-state index contributed by atoms with van der Waals surface area (Å²) < 4.78 is 6.11. The molecule has 0 radical (unpaired) electrons. The third-order valence-electron chi connectivity index (χ3n) is 2.45. The quantitative estimate of drug-likeness (QED) is 0.497. The third-order valence-corrected chi connectivity index (χ3v) is 3.31. The van der Waals surface area contributed by atoms with Crippen LogP contribution in [-0.4, -0.2) is 8.32 Å². The van der Waals surface area contributed by atoms with Crippen LogP contribution in [-0.2, 0) is 4.43 Å². The van der Waals surface area contributed by atoms with Gasteiger partial charge in [0.15, 0.2) is 0 Å². The second-order valence-corrected chi connectivity index (χ2v) is 9.46. The monoisotopic (exact) mass is 222 g/mol. The number of hydrogen-bond donors (Lipinski definition) is 0. The maximum Gasteiger partial charge on any atom is 0.241 e. The Labute approximate surface area is 94.7 Å². The van der Waals surface area contributed by atoms with Crippen LogP contribution >= 0.6 is 0 Å². The van der Waals surface area contributed by atoms with Crippen LogP contribution < -0.4 is 0 Å². The number of rotatable bonds is 2. The van der Waals surface area contributed by atoms with E-state index in [1.54, 1.807) is 0 Å². The Morgan fingerprint density at radius 1 is 1.27 bits per heavy atom. The number of allylic oxidation sites excluding steroid dienone is 3. The van der Waals surface area contributed by atoms with Gasteiger partial charge in [-0.15, -0.1) is 5.73 Å². The fourth-order valence-electron chi connectivity index (χ4n) is 1.82. The van der Waals surface area contributed by atoms with E-state index in [9.17, 15) is 0 Å². The van der Waals surface area contributed by atoms with E-state index in [0.29, 0.717) is 0 Å². The molecule has 0 atom stereocenters. The smallest absolute Gasteiger partial charge is 0.241 e. The van der Waals surface area contributed by atoms with Gasteiger partial charge in [0.05, 0.1) is 5.76 Å². The molecule has 0 aromatic heterocycles. The van der Waals surface area contributed by atoms with Crippen molar-refractivity contribution < 1.29 is 4.43 Å². The van der Waals surface area contributed by atoms with E-state index in [-0.39, 0.29) is 0 Å². The van der Waals surface area contributed by atoms with Crippen molar-refractivity contribution in [3.8, 4) is 0 Å². The summed E-state index contributed by atoms with van der Waals surface area (Å²) in [5, 5.41) is 0. The molecule has 84 valence electrons. The molecule has 0 amide bonds. The molecule has 0 N–H and O–H groups in total. The first kappa shape index (κ1) is 12.3. The Morgan fingerprint density at radius 2 is 1.93 bits per heavy atom. The van der Waals surface area contributed by atoms with Crippen LogP contribution in [0.3, 0.4) is 0 Å². The molecule has 0 aromatic carbocycles. The summed E-state index contributed by atoms with van der Waals surface area (Å²) in [4.78, 5) is 0. The molecular formula is C13H22OSi. The summed E-state index contributed by atoms with van der Waals surface area (Å²) in [5.41, 5.74) is 5.97. The summed E-state index contributed by atoms with van der Waals surface area (Å²) in [6.45, 7) is 10.9. The van der Waals surface area contributed by atoms with Gasteiger partial charge in [0.25, 0.3) is 0 Å². The lowest BCUT2D eigenvalue weighted by molar-refractivity contribution is 0.382. The summed E-state index contributed by atoms with van der Waals surface area (Å²) in [7, 11) is -1.45. The lowest BCUT2D eigenvalue weighted by Gasteiger charge is -2.27. The molecule has 0 saturated carbocycles. The van der Waals surface area contributed by atoms with Gasteiger partial charge in [-0.1, -0.05) is 0 Å². The first-order valence-corrected chi connectivity index (χ1v) is 9.14. The van der Waals surface area contributed by atoms with Gasteiger partial charge in [0.1, 0.15) is 0 Å². The Morgan fingerprint density at radius 3 is 2.47 bits per heavy atom. The van der Waals surface area contributed by atoms with Crippen LogP contribution in [0.1, 0.15) is 33.1 Å². The van der Waals surface area contributed by atoms with Crippen LogP contribution in [0.25, 0.3) is 0 Å². The van der Waals surface area contributed by atoms with E-state index in [4.69, 9.17) is 4.43 Å². The molecule has 0 aromatic rings. The molecule has 1 rings (SSSR count). The summed E-state index contributed by atoms with van der Waals surface area (Å²) >= 11 is 0. The minimum Gasteiger partial charge on any atom is -0.547 e. The Balaban J connectivity index is 2.96. The van der Waals surface area contributed by atoms with Gasteiger partial charge in [-0.25, -0.2) is 0 Å². The summed E-state index contributed by atoms with van der Waals surface area (Å²) in [6.07, 6.45) is 5.45. The minimum atomic E-state index is -1.45. The van der Waals surface area contributed by atoms with E-state index in [1.165, 1.54) is 23.3 Å². The predicted octanol–water partition coefficient (Wildman–Crippen LogP) is 4.40. The maximum absolute atomic E-state index is 6.11. The SMILES string of the molecule is CC=C=C1CCCC(O[Si](C)(C)C)=C1C. The highest BCUT2D eigenvalue weighted by Gasteiger charge is 2.22. The molecule has 15 heavy (non-hydrogen) atoms. The van der Waals surface area contributed by atoms with E-state index in [0.717, 1.165) is 12.8 Å². The zero-order valence-corrected chi connectivity index (χ0v) is 11.6. The first-order chi connectivity index (χ1) is 6.94. The molecule has 0 heterocycles. The van der Waals surface area contributed by atoms with E-state index < -0.39 is 8.32 Å². The highest BCUT2D eigenvalue weighted by molar-refractivity contribution is 6.70. The van der Waals surface area contributed by atoms with Crippen molar-refractivity contribution in [3.63, 3.8) is 0 Å². The number of hydrogen-bond acceptors (Lipinski definition) is 1. The predicted molar refractivity (Wildman–Crippen MR) is 68.3 cm³/mol. The molecule has 1 aliphatic carbocycles. The highest BCUT2D eigenvalue weighted by atomic mass is 28.4. The van der Waals surface area contributed by atoms with E-state index >= 15 is 0 Å². The van der Waals surface area contributed by atoms with Crippen LogP contribution in [0.15, 0.2) is 28.7 Å². The van der Waals surface area contributed by atoms with Crippen molar-refractivity contribution in [2.75, 3.05) is 0 Å². The second kappa shape index (κ2) is 4.87. The van der Waals surface area contributed by atoms with Crippen LogP contribution in [0.5, 0.6) is 0 Å². The van der Waals surface area contributed by atoms with Gasteiger partial charge in [-0.2, -0.15) is 0 Å². The van der Waals surface area contributed by atoms with Crippen LogP contribution in [0.2, 0.25) is 19.6 Å². The Bertz CT molecular complexity index is 325. The topological polar surface area (TPSA) is 9.23 Å². The van der Waals surface area contributed by atoms with Gasteiger partial charge in [-0.05, 0) is 63.6 Å². The maximum atomic E-state index is 6.11. The molecule has 0 spiro atoms. The van der Waals surface area contributed by atoms with Crippen LogP contribution in [0.4, 0.5) is 0 Å². The Hall–Kier alpha value is -0.723. The lowest BCUT2D eigenvalue weighted by atomic mass is 9.94. The van der Waals surface area contributed by atoms with Crippen molar-refractivity contribution in [3.05, 3.63) is 28.7 Å². The molecule has 1 aliphatic rings. The molecule has 0 aliphatic heterocycles. The van der Waals surface area contributed by atoms with E-state index in [1.807, 2.05) is 13.0 Å². The Kier molecular flexibility index (Phi) is 4.01. The fourth-order valence-corrected chi connectivity index (χ4v) is 2.82. The molecule has 2 heteroatoms. The molecule has 0 saturated heterocycles. The van der Waals surface area contributed by atoms with Crippen molar-refractivity contribution in [1.82, 2.24) is 0 Å². The van der Waals surface area contributed by atoms with Crippen molar-refractivity contribution >= 4 is 8.32 Å². The molecule has 1 nitrogen and oxygen atoms in total. The van der Waals surface area contributed by atoms with Gasteiger partial charge in [0, 0.05) is 6.42 Å². The standard InChI is InChI=1S/C13H22OSi/c1-6-8-12-9-7-10-13(11(12)2)14-15(3,4)5/h6H,7,9-10H2,1-5H3. The van der Waals surface area contributed by atoms with E-state index in [2.05, 4.69) is 32.3 Å². The van der Waals surface area contributed by atoms with Crippen molar-refractivity contribution in [2.45, 2.75) is 52.8 Å². The highest BCUT2D eigenvalue weighted by Crippen LogP contribution is 2.31. The van der Waals surface area contributed by atoms with Gasteiger partial charge in [-0.3, -0.25) is 0 Å². The lowest BCUT2D eigenvalue weighted by Crippen LogP contribution is -2.26. The van der Waals surface area contributed by atoms with Gasteiger partial charge < -0.3 is 4.43 Å². The fraction of sp³-hybridized carbons (Fsp3) is 0.615. The van der Waals surface area contributed by atoms with Gasteiger partial charge in [0.2, 0.25) is 8.32 Å². The van der Waals surface area contributed by atoms with Crippen molar-refractivity contribution in [1.29, 1.82) is 0 Å². The molecular weight excluding hydrogens is 200 g/mol. The second-order valence-electron chi connectivity index (χ2n) is 5.03. The zero-order valence-electron chi connectivity index (χ0n) is 10.6. The summed E-state index contributed by atoms with van der Waals surface area (Å²) in [6, 6.07) is 0. The molecule has 0 fully saturated rings.